The number of imidazole rings is 1. The Kier molecular flexibility index (Phi) is 6.87. The summed E-state index contributed by atoms with van der Waals surface area (Å²) in [5, 5.41) is 9.55. The summed E-state index contributed by atoms with van der Waals surface area (Å²) < 4.78 is 28.0. The van der Waals surface area contributed by atoms with Crippen molar-refractivity contribution >= 4 is 32.8 Å². The minimum absolute atomic E-state index is 0.256. The third-order valence-corrected chi connectivity index (χ3v) is 6.74. The van der Waals surface area contributed by atoms with Crippen molar-refractivity contribution < 1.29 is 8.42 Å². The summed E-state index contributed by atoms with van der Waals surface area (Å²) in [5.41, 5.74) is 1.65. The van der Waals surface area contributed by atoms with Crippen molar-refractivity contribution in [3.8, 4) is 6.07 Å². The number of rotatable bonds is 9. The maximum absolute atomic E-state index is 12.3. The van der Waals surface area contributed by atoms with E-state index in [9.17, 15) is 8.42 Å². The molecule has 6 nitrogen and oxygen atoms in total. The molecule has 0 radical (unpaired) electrons. The second-order valence-electron chi connectivity index (χ2n) is 5.95. The molecule has 0 saturated carbocycles. The maximum atomic E-state index is 12.3. The summed E-state index contributed by atoms with van der Waals surface area (Å²) >= 11 is 1.62. The Morgan fingerprint density at radius 3 is 2.72 bits per heavy atom. The molecule has 0 saturated heterocycles. The molecule has 1 aromatic heterocycles. The first-order valence-electron chi connectivity index (χ1n) is 8.34. The average molecular weight is 381 g/mol. The van der Waals surface area contributed by atoms with Crippen LogP contribution in [0.5, 0.6) is 0 Å². The molecule has 0 aliphatic carbocycles. The van der Waals surface area contributed by atoms with Crippen LogP contribution in [0.2, 0.25) is 0 Å². The number of fused-ring (bicyclic) bond motifs is 1. The van der Waals surface area contributed by atoms with E-state index < -0.39 is 10.0 Å². The van der Waals surface area contributed by atoms with Crippen LogP contribution in [0, 0.1) is 11.3 Å². The van der Waals surface area contributed by atoms with Gasteiger partial charge in [0.05, 0.1) is 22.0 Å². The van der Waals surface area contributed by atoms with Crippen molar-refractivity contribution in [2.75, 3.05) is 19.8 Å². The zero-order valence-electron chi connectivity index (χ0n) is 14.9. The number of sulfonamides is 1. The van der Waals surface area contributed by atoms with E-state index in [0.29, 0.717) is 11.9 Å². The van der Waals surface area contributed by atoms with E-state index in [-0.39, 0.29) is 4.90 Å². The number of benzene rings is 1. The molecule has 0 atom stereocenters. The summed E-state index contributed by atoms with van der Waals surface area (Å²) in [6, 6.07) is 7.28. The van der Waals surface area contributed by atoms with Gasteiger partial charge in [0.1, 0.15) is 0 Å². The third kappa shape index (κ3) is 4.54. The molecule has 0 bridgehead atoms. The molecule has 2 rings (SSSR count). The number of aromatic nitrogens is 2. The molecule has 0 aliphatic heterocycles. The predicted molar refractivity (Wildman–Crippen MR) is 101 cm³/mol. The quantitative estimate of drug-likeness (QED) is 0.491. The van der Waals surface area contributed by atoms with Crippen molar-refractivity contribution in [3.63, 3.8) is 0 Å². The van der Waals surface area contributed by atoms with Gasteiger partial charge in [0, 0.05) is 32.8 Å². The second-order valence-corrected chi connectivity index (χ2v) is 9.16. The Bertz CT molecular complexity index is 867. The fourth-order valence-electron chi connectivity index (χ4n) is 2.42. The Hall–Kier alpha value is -1.56. The van der Waals surface area contributed by atoms with E-state index in [1.54, 1.807) is 23.9 Å². The second kappa shape index (κ2) is 8.70. The lowest BCUT2D eigenvalue weighted by molar-refractivity contribution is 0.521. The molecule has 1 heterocycles. The molecule has 2 aromatic rings. The van der Waals surface area contributed by atoms with Crippen LogP contribution < -0.4 is 0 Å². The molecule has 25 heavy (non-hydrogen) atoms. The van der Waals surface area contributed by atoms with Crippen LogP contribution in [0.15, 0.2) is 28.3 Å². The fourth-order valence-corrected chi connectivity index (χ4v) is 4.32. The lowest BCUT2D eigenvalue weighted by atomic mass is 10.3. The monoisotopic (exact) mass is 380 g/mol. The van der Waals surface area contributed by atoms with Gasteiger partial charge in [-0.1, -0.05) is 25.1 Å². The highest BCUT2D eigenvalue weighted by atomic mass is 32.2. The molecule has 0 fully saturated rings. The number of hydrogen-bond acceptors (Lipinski definition) is 5. The molecule has 0 N–H and O–H groups in total. The first-order valence-corrected chi connectivity index (χ1v) is 10.8. The standard InChI is InChI=1S/C17H24N4O2S2/c1-4-5-11-21-16-9-8-14(25(22,23)20(2)3)13-15(16)19-17(21)24-12-7-6-10-18/h8-9,13H,4-7,11-12H2,1-3H3. The topological polar surface area (TPSA) is 79.0 Å². The Morgan fingerprint density at radius 1 is 1.32 bits per heavy atom. The van der Waals surface area contributed by atoms with Crippen LogP contribution in [-0.2, 0) is 16.6 Å². The van der Waals surface area contributed by atoms with Gasteiger partial charge in [-0.2, -0.15) is 5.26 Å². The van der Waals surface area contributed by atoms with Crippen LogP contribution in [0.25, 0.3) is 11.0 Å². The molecular weight excluding hydrogens is 356 g/mol. The minimum Gasteiger partial charge on any atom is -0.319 e. The predicted octanol–water partition coefficient (Wildman–Crippen LogP) is 3.48. The molecular formula is C17H24N4O2S2. The number of hydrogen-bond donors (Lipinski definition) is 0. The fraction of sp³-hybridized carbons (Fsp3) is 0.529. The SMILES string of the molecule is CCCCn1c(SCCCC#N)nc2cc(S(=O)(=O)N(C)C)ccc21. The summed E-state index contributed by atoms with van der Waals surface area (Å²) in [6.07, 6.45) is 3.46. The number of nitriles is 1. The van der Waals surface area contributed by atoms with Crippen LogP contribution in [-0.4, -0.2) is 42.1 Å². The summed E-state index contributed by atoms with van der Waals surface area (Å²) in [6.45, 7) is 2.99. The van der Waals surface area contributed by atoms with Crippen LogP contribution in [0.4, 0.5) is 0 Å². The summed E-state index contributed by atoms with van der Waals surface area (Å²) in [5.74, 6) is 0.825. The van der Waals surface area contributed by atoms with Crippen molar-refractivity contribution in [1.82, 2.24) is 13.9 Å². The van der Waals surface area contributed by atoms with Gasteiger partial charge in [0.25, 0.3) is 0 Å². The van der Waals surface area contributed by atoms with E-state index in [1.165, 1.54) is 18.4 Å². The largest absolute Gasteiger partial charge is 0.319 e. The molecule has 1 aromatic carbocycles. The highest BCUT2D eigenvalue weighted by Crippen LogP contribution is 2.27. The molecule has 0 unspecified atom stereocenters. The average Bonchev–Trinajstić information content (AvgIpc) is 2.93. The molecule has 8 heteroatoms. The van der Waals surface area contributed by atoms with E-state index in [2.05, 4.69) is 22.5 Å². The number of thioether (sulfide) groups is 1. The lowest BCUT2D eigenvalue weighted by Gasteiger charge is -2.11. The van der Waals surface area contributed by atoms with Gasteiger partial charge < -0.3 is 4.57 Å². The smallest absolute Gasteiger partial charge is 0.242 e. The number of nitrogens with zero attached hydrogens (tertiary/aromatic N) is 4. The zero-order chi connectivity index (χ0) is 18.4. The first-order chi connectivity index (χ1) is 11.9. The van der Waals surface area contributed by atoms with Gasteiger partial charge in [0.15, 0.2) is 5.16 Å². The highest BCUT2D eigenvalue weighted by molar-refractivity contribution is 7.99. The van der Waals surface area contributed by atoms with Gasteiger partial charge in [-0.15, -0.1) is 0 Å². The zero-order valence-corrected chi connectivity index (χ0v) is 16.5. The van der Waals surface area contributed by atoms with Crippen LogP contribution in [0.1, 0.15) is 32.6 Å². The van der Waals surface area contributed by atoms with Crippen molar-refractivity contribution in [2.45, 2.75) is 49.2 Å². The Balaban J connectivity index is 2.40. The molecule has 136 valence electrons. The summed E-state index contributed by atoms with van der Waals surface area (Å²) in [4.78, 5) is 4.91. The van der Waals surface area contributed by atoms with E-state index in [1.807, 2.05) is 6.07 Å². The van der Waals surface area contributed by atoms with E-state index >= 15 is 0 Å². The van der Waals surface area contributed by atoms with Crippen LogP contribution >= 0.6 is 11.8 Å². The third-order valence-electron chi connectivity index (χ3n) is 3.86. The summed E-state index contributed by atoms with van der Waals surface area (Å²) in [7, 11) is -0.425. The van der Waals surface area contributed by atoms with Crippen LogP contribution in [0.3, 0.4) is 0 Å². The first kappa shape index (κ1) is 19.8. The Labute approximate surface area is 153 Å². The lowest BCUT2D eigenvalue weighted by Crippen LogP contribution is -2.22. The van der Waals surface area contributed by atoms with Gasteiger partial charge in [-0.3, -0.25) is 0 Å². The van der Waals surface area contributed by atoms with Crippen molar-refractivity contribution in [3.05, 3.63) is 18.2 Å². The van der Waals surface area contributed by atoms with E-state index in [0.717, 1.165) is 42.2 Å². The van der Waals surface area contributed by atoms with Gasteiger partial charge in [0.2, 0.25) is 10.0 Å². The maximum Gasteiger partial charge on any atom is 0.242 e. The van der Waals surface area contributed by atoms with Crippen molar-refractivity contribution in [1.29, 1.82) is 5.26 Å². The minimum atomic E-state index is -3.47. The van der Waals surface area contributed by atoms with Gasteiger partial charge in [-0.25, -0.2) is 17.7 Å². The van der Waals surface area contributed by atoms with Gasteiger partial charge >= 0.3 is 0 Å². The number of unbranched alkanes of at least 4 members (excludes halogenated alkanes) is 2. The molecule has 0 aliphatic rings. The molecule has 0 amide bonds. The van der Waals surface area contributed by atoms with Crippen molar-refractivity contribution in [2.24, 2.45) is 0 Å². The van der Waals surface area contributed by atoms with Gasteiger partial charge in [-0.05, 0) is 31.0 Å². The normalized spacial score (nSPS) is 12.0. The highest BCUT2D eigenvalue weighted by Gasteiger charge is 2.19. The van der Waals surface area contributed by atoms with E-state index in [4.69, 9.17) is 5.26 Å². The Morgan fingerprint density at radius 2 is 2.08 bits per heavy atom. The molecule has 0 spiro atoms. The number of aryl methyl sites for hydroxylation is 1.